The van der Waals surface area contributed by atoms with E-state index in [2.05, 4.69) is 27.7 Å². The molecule has 0 amide bonds. The maximum atomic E-state index is 5.98. The Morgan fingerprint density at radius 3 is 1.33 bits per heavy atom. The summed E-state index contributed by atoms with van der Waals surface area (Å²) in [5.74, 6) is 0. The summed E-state index contributed by atoms with van der Waals surface area (Å²) in [5, 5.41) is 0. The van der Waals surface area contributed by atoms with Crippen molar-refractivity contribution in [3.63, 3.8) is 0 Å². The predicted molar refractivity (Wildman–Crippen MR) is 76.7 cm³/mol. The highest BCUT2D eigenvalue weighted by Gasteiger charge is 2.39. The van der Waals surface area contributed by atoms with Gasteiger partial charge in [-0.1, -0.05) is 34.1 Å². The van der Waals surface area contributed by atoms with Crippen LogP contribution in [0.15, 0.2) is 0 Å². The molecule has 0 aliphatic heterocycles. The zero-order chi connectivity index (χ0) is 13.0. The minimum atomic E-state index is -2.38. The second-order valence-corrected chi connectivity index (χ2v) is 7.06. The summed E-state index contributed by atoms with van der Waals surface area (Å²) in [6, 6.07) is 0.962. The number of unbranched alkanes of at least 4 members (excludes halogenated alkanes) is 1. The molecule has 0 aliphatic carbocycles. The Balaban J connectivity index is 0. The summed E-state index contributed by atoms with van der Waals surface area (Å²) >= 11 is 0. The van der Waals surface area contributed by atoms with E-state index in [4.69, 9.17) is 13.3 Å². The minimum absolute atomic E-state index is 0. The van der Waals surface area contributed by atoms with E-state index in [0.29, 0.717) is 0 Å². The third-order valence-corrected chi connectivity index (χ3v) is 5.31. The van der Waals surface area contributed by atoms with Gasteiger partial charge in [0.2, 0.25) is 0 Å². The highest BCUT2D eigenvalue weighted by atomic mass is 28.4. The van der Waals surface area contributed by atoms with Crippen molar-refractivity contribution < 1.29 is 18.0 Å². The molecule has 3 nitrogen and oxygen atoms in total. The molecular formula is C13H31FO3Si. The second kappa shape index (κ2) is 13.5. The number of hydrogen-bond donors (Lipinski definition) is 0. The van der Waals surface area contributed by atoms with Crippen LogP contribution < -0.4 is 0 Å². The monoisotopic (exact) mass is 282 g/mol. The Bertz CT molecular complexity index is 133. The van der Waals surface area contributed by atoms with Crippen LogP contribution in [-0.4, -0.2) is 28.6 Å². The van der Waals surface area contributed by atoms with Gasteiger partial charge in [0.1, 0.15) is 0 Å². The van der Waals surface area contributed by atoms with Crippen LogP contribution in [0.4, 0.5) is 4.70 Å². The van der Waals surface area contributed by atoms with Crippen LogP contribution in [0.3, 0.4) is 0 Å². The van der Waals surface area contributed by atoms with Crippen molar-refractivity contribution in [3.05, 3.63) is 0 Å². The van der Waals surface area contributed by atoms with Crippen LogP contribution in [0.2, 0.25) is 6.04 Å². The molecule has 5 heteroatoms. The van der Waals surface area contributed by atoms with E-state index in [9.17, 15) is 0 Å². The van der Waals surface area contributed by atoms with Crippen LogP contribution >= 0.6 is 0 Å². The lowest BCUT2D eigenvalue weighted by atomic mass is 10.4. The lowest BCUT2D eigenvalue weighted by molar-refractivity contribution is 0.0587. The Morgan fingerprint density at radius 2 is 1.06 bits per heavy atom. The number of rotatable bonds is 12. The van der Waals surface area contributed by atoms with Crippen molar-refractivity contribution in [2.75, 3.05) is 19.8 Å². The molecule has 0 aliphatic rings. The SMILES string of the molecule is CCCC[Si](OCCC)(OCCC)OCCC.F. The van der Waals surface area contributed by atoms with Crippen LogP contribution in [0.25, 0.3) is 0 Å². The van der Waals surface area contributed by atoms with Crippen LogP contribution in [0, 0.1) is 0 Å². The summed E-state index contributed by atoms with van der Waals surface area (Å²) in [7, 11) is -2.38. The van der Waals surface area contributed by atoms with Gasteiger partial charge in [-0.2, -0.15) is 0 Å². The Labute approximate surface area is 113 Å². The molecule has 18 heavy (non-hydrogen) atoms. The fraction of sp³-hybridized carbons (Fsp3) is 1.00. The molecule has 0 N–H and O–H groups in total. The van der Waals surface area contributed by atoms with Gasteiger partial charge in [-0.15, -0.1) is 0 Å². The van der Waals surface area contributed by atoms with Gasteiger partial charge >= 0.3 is 8.80 Å². The molecule has 0 bridgehead atoms. The van der Waals surface area contributed by atoms with Crippen molar-refractivity contribution in [3.8, 4) is 0 Å². The molecule has 0 spiro atoms. The highest BCUT2D eigenvalue weighted by Crippen LogP contribution is 2.20. The van der Waals surface area contributed by atoms with E-state index in [1.165, 1.54) is 0 Å². The van der Waals surface area contributed by atoms with Crippen LogP contribution in [0.5, 0.6) is 0 Å². The first-order valence-electron chi connectivity index (χ1n) is 7.16. The normalized spacial score (nSPS) is 11.3. The molecule has 0 atom stereocenters. The second-order valence-electron chi connectivity index (χ2n) is 4.33. The average Bonchev–Trinajstić information content (AvgIpc) is 2.37. The first-order chi connectivity index (χ1) is 8.24. The zero-order valence-corrected chi connectivity index (χ0v) is 13.5. The van der Waals surface area contributed by atoms with Crippen molar-refractivity contribution in [1.82, 2.24) is 0 Å². The van der Waals surface area contributed by atoms with Gasteiger partial charge in [0.25, 0.3) is 0 Å². The first-order valence-corrected chi connectivity index (χ1v) is 9.09. The Morgan fingerprint density at radius 1 is 0.667 bits per heavy atom. The van der Waals surface area contributed by atoms with Crippen molar-refractivity contribution >= 4 is 8.80 Å². The molecule has 0 heterocycles. The lowest BCUT2D eigenvalue weighted by Crippen LogP contribution is -2.46. The Hall–Kier alpha value is 0.0269. The van der Waals surface area contributed by atoms with E-state index >= 15 is 0 Å². The highest BCUT2D eigenvalue weighted by molar-refractivity contribution is 6.60. The maximum absolute atomic E-state index is 5.98. The predicted octanol–water partition coefficient (Wildman–Crippen LogP) is 4.16. The maximum Gasteiger partial charge on any atom is 0.500 e. The van der Waals surface area contributed by atoms with Crippen molar-refractivity contribution in [2.45, 2.75) is 65.8 Å². The zero-order valence-electron chi connectivity index (χ0n) is 12.5. The smallest absolute Gasteiger partial charge is 0.373 e. The molecule has 0 unspecified atom stereocenters. The third-order valence-electron chi connectivity index (χ3n) is 2.41. The minimum Gasteiger partial charge on any atom is -0.373 e. The van der Waals surface area contributed by atoms with Crippen molar-refractivity contribution in [2.24, 2.45) is 0 Å². The van der Waals surface area contributed by atoms with E-state index in [-0.39, 0.29) is 4.70 Å². The molecule has 0 rings (SSSR count). The molecule has 0 aromatic carbocycles. The van der Waals surface area contributed by atoms with Crippen LogP contribution in [0.1, 0.15) is 59.8 Å². The standard InChI is InChI=1S/C13H30O3Si.FH/c1-5-9-13-17(14-10-6-2,15-11-7-3)16-12-8-4;/h5-13H2,1-4H3;1H. The molecule has 0 fully saturated rings. The summed E-state index contributed by atoms with van der Waals surface area (Å²) in [6.45, 7) is 10.8. The lowest BCUT2D eigenvalue weighted by Gasteiger charge is -2.29. The molecule has 112 valence electrons. The summed E-state index contributed by atoms with van der Waals surface area (Å²) in [6.07, 6.45) is 5.35. The van der Waals surface area contributed by atoms with Gasteiger partial charge in [0.05, 0.1) is 0 Å². The molecule has 0 saturated heterocycles. The Kier molecular flexibility index (Phi) is 15.2. The van der Waals surface area contributed by atoms with E-state index < -0.39 is 8.80 Å². The quantitative estimate of drug-likeness (QED) is 0.503. The van der Waals surface area contributed by atoms with E-state index in [0.717, 1.165) is 58.0 Å². The van der Waals surface area contributed by atoms with E-state index in [1.807, 2.05) is 0 Å². The molecular weight excluding hydrogens is 251 g/mol. The van der Waals surface area contributed by atoms with E-state index in [1.54, 1.807) is 0 Å². The summed E-state index contributed by atoms with van der Waals surface area (Å²) < 4.78 is 17.9. The third kappa shape index (κ3) is 9.02. The van der Waals surface area contributed by atoms with Gasteiger partial charge < -0.3 is 13.3 Å². The van der Waals surface area contributed by atoms with Gasteiger partial charge in [-0.3, -0.25) is 4.70 Å². The fourth-order valence-electron chi connectivity index (χ4n) is 1.51. The van der Waals surface area contributed by atoms with Gasteiger partial charge in [-0.25, -0.2) is 0 Å². The molecule has 0 saturated carbocycles. The molecule has 0 aromatic heterocycles. The average molecular weight is 282 g/mol. The summed E-state index contributed by atoms with van der Waals surface area (Å²) in [4.78, 5) is 0. The number of hydrogen-bond acceptors (Lipinski definition) is 3. The molecule has 0 radical (unpaired) electrons. The largest absolute Gasteiger partial charge is 0.500 e. The van der Waals surface area contributed by atoms with Crippen LogP contribution in [-0.2, 0) is 13.3 Å². The van der Waals surface area contributed by atoms with Gasteiger partial charge in [0.15, 0.2) is 0 Å². The van der Waals surface area contributed by atoms with Gasteiger partial charge in [-0.05, 0) is 25.7 Å². The topological polar surface area (TPSA) is 27.7 Å². The fourth-order valence-corrected chi connectivity index (χ4v) is 4.52. The van der Waals surface area contributed by atoms with Gasteiger partial charge in [0, 0.05) is 25.9 Å². The molecule has 0 aromatic rings. The number of halogens is 1. The van der Waals surface area contributed by atoms with Crippen molar-refractivity contribution in [1.29, 1.82) is 0 Å². The first kappa shape index (κ1) is 20.3. The summed E-state index contributed by atoms with van der Waals surface area (Å²) in [5.41, 5.74) is 0.